The molecule has 0 saturated heterocycles. The third kappa shape index (κ3) is 2.46. The van der Waals surface area contributed by atoms with E-state index in [1.54, 1.807) is 53.6 Å². The van der Waals surface area contributed by atoms with Gasteiger partial charge in [-0.1, -0.05) is 12.1 Å². The predicted octanol–water partition coefficient (Wildman–Crippen LogP) is 2.40. The number of anilines is 2. The number of methoxy groups -OCH3 is 1. The van der Waals surface area contributed by atoms with E-state index in [1.807, 2.05) is 0 Å². The van der Waals surface area contributed by atoms with E-state index in [4.69, 9.17) is 4.74 Å². The van der Waals surface area contributed by atoms with E-state index in [2.05, 4.69) is 4.98 Å². The minimum Gasteiger partial charge on any atom is -0.497 e. The van der Waals surface area contributed by atoms with Crippen LogP contribution in [0.15, 0.2) is 71.0 Å². The van der Waals surface area contributed by atoms with Gasteiger partial charge >= 0.3 is 0 Å². The number of para-hydroxylation sites is 1. The number of ether oxygens (including phenoxy) is 1. The highest BCUT2D eigenvalue weighted by atomic mass is 32.2. The lowest BCUT2D eigenvalue weighted by atomic mass is 10.2. The Hall–Kier alpha value is -3.13. The molecule has 7 nitrogen and oxygen atoms in total. The first-order chi connectivity index (χ1) is 12.5. The number of benzene rings is 2. The Labute approximate surface area is 150 Å². The van der Waals surface area contributed by atoms with Crippen LogP contribution in [0.3, 0.4) is 0 Å². The molecule has 1 aromatic heterocycles. The van der Waals surface area contributed by atoms with Crippen LogP contribution in [0, 0.1) is 0 Å². The SMILES string of the molecule is COc1ccc2c(c1)S(=O)(=O)c1ccccc1N2C(=O)Cn1ccnc1. The highest BCUT2D eigenvalue weighted by molar-refractivity contribution is 7.92. The summed E-state index contributed by atoms with van der Waals surface area (Å²) in [6, 6.07) is 11.2. The predicted molar refractivity (Wildman–Crippen MR) is 94.3 cm³/mol. The van der Waals surface area contributed by atoms with Crippen molar-refractivity contribution in [3.05, 3.63) is 61.2 Å². The molecule has 0 aliphatic carbocycles. The van der Waals surface area contributed by atoms with Crippen LogP contribution in [0.25, 0.3) is 0 Å². The maximum atomic E-state index is 13.0. The monoisotopic (exact) mass is 369 g/mol. The summed E-state index contributed by atoms with van der Waals surface area (Å²) in [5.74, 6) is 0.144. The number of hydrogen-bond donors (Lipinski definition) is 0. The van der Waals surface area contributed by atoms with E-state index >= 15 is 0 Å². The zero-order valence-electron chi connectivity index (χ0n) is 13.9. The molecule has 2 heterocycles. The first-order valence-electron chi connectivity index (χ1n) is 7.83. The molecule has 132 valence electrons. The van der Waals surface area contributed by atoms with Crippen molar-refractivity contribution in [3.8, 4) is 5.75 Å². The van der Waals surface area contributed by atoms with Gasteiger partial charge in [0.15, 0.2) is 0 Å². The van der Waals surface area contributed by atoms with Gasteiger partial charge in [0.25, 0.3) is 5.91 Å². The molecule has 0 N–H and O–H groups in total. The summed E-state index contributed by atoms with van der Waals surface area (Å²) in [5.41, 5.74) is 0.657. The quantitative estimate of drug-likeness (QED) is 0.708. The van der Waals surface area contributed by atoms with E-state index in [0.717, 1.165) is 0 Å². The van der Waals surface area contributed by atoms with Crippen molar-refractivity contribution in [1.29, 1.82) is 0 Å². The highest BCUT2D eigenvalue weighted by Crippen LogP contribution is 2.45. The molecule has 8 heteroatoms. The zero-order valence-corrected chi connectivity index (χ0v) is 14.7. The van der Waals surface area contributed by atoms with Gasteiger partial charge < -0.3 is 9.30 Å². The minimum absolute atomic E-state index is 0.0415. The normalized spacial score (nSPS) is 14.4. The standard InChI is InChI=1S/C18H15N3O4S/c1-25-13-6-7-15-17(10-13)26(23,24)16-5-3-2-4-14(16)21(15)18(22)11-20-9-8-19-12-20/h2-10,12H,11H2,1H3. The molecule has 0 fully saturated rings. The summed E-state index contributed by atoms with van der Waals surface area (Å²) in [4.78, 5) is 18.5. The molecular weight excluding hydrogens is 354 g/mol. The Morgan fingerprint density at radius 1 is 1.12 bits per heavy atom. The Morgan fingerprint density at radius 3 is 2.62 bits per heavy atom. The summed E-state index contributed by atoms with van der Waals surface area (Å²) in [5, 5.41) is 0. The van der Waals surface area contributed by atoms with E-state index in [1.165, 1.54) is 24.1 Å². The minimum atomic E-state index is -3.76. The van der Waals surface area contributed by atoms with Gasteiger partial charge in [-0.05, 0) is 24.3 Å². The second kappa shape index (κ2) is 5.99. The third-order valence-electron chi connectivity index (χ3n) is 4.22. The lowest BCUT2D eigenvalue weighted by molar-refractivity contribution is -0.118. The van der Waals surface area contributed by atoms with E-state index < -0.39 is 9.84 Å². The van der Waals surface area contributed by atoms with Crippen molar-refractivity contribution in [2.75, 3.05) is 12.0 Å². The van der Waals surface area contributed by atoms with Gasteiger partial charge in [0.2, 0.25) is 9.84 Å². The molecule has 0 saturated carbocycles. The maximum Gasteiger partial charge on any atom is 0.251 e. The molecule has 2 aromatic carbocycles. The van der Waals surface area contributed by atoms with Gasteiger partial charge in [-0.2, -0.15) is 0 Å². The summed E-state index contributed by atoms with van der Waals surface area (Å²) in [6.45, 7) is 0.0415. The van der Waals surface area contributed by atoms with Gasteiger partial charge in [-0.15, -0.1) is 0 Å². The largest absolute Gasteiger partial charge is 0.497 e. The topological polar surface area (TPSA) is 81.5 Å². The summed E-state index contributed by atoms with van der Waals surface area (Å²) in [6.07, 6.45) is 4.81. The Bertz CT molecular complexity index is 1090. The van der Waals surface area contributed by atoms with Crippen LogP contribution >= 0.6 is 0 Å². The third-order valence-corrected chi connectivity index (χ3v) is 6.05. The number of hydrogen-bond acceptors (Lipinski definition) is 5. The molecule has 0 unspecified atom stereocenters. The van der Waals surface area contributed by atoms with Crippen LogP contribution in [0.4, 0.5) is 11.4 Å². The van der Waals surface area contributed by atoms with Crippen LogP contribution in [-0.2, 0) is 21.2 Å². The van der Waals surface area contributed by atoms with Gasteiger partial charge in [-0.25, -0.2) is 13.4 Å². The second-order valence-corrected chi connectivity index (χ2v) is 7.66. The van der Waals surface area contributed by atoms with Gasteiger partial charge in [0.1, 0.15) is 12.3 Å². The number of amides is 1. The molecule has 0 radical (unpaired) electrons. The number of fused-ring (bicyclic) bond motifs is 2. The molecular formula is C18H15N3O4S. The van der Waals surface area contributed by atoms with E-state index in [9.17, 15) is 13.2 Å². The number of rotatable bonds is 3. The van der Waals surface area contributed by atoms with Crippen LogP contribution in [0.5, 0.6) is 5.75 Å². The maximum absolute atomic E-state index is 13.0. The lowest BCUT2D eigenvalue weighted by Crippen LogP contribution is -2.34. The molecule has 1 aliphatic rings. The summed E-state index contributed by atoms with van der Waals surface area (Å²) >= 11 is 0. The van der Waals surface area contributed by atoms with Gasteiger partial charge in [0, 0.05) is 18.5 Å². The molecule has 1 aliphatic heterocycles. The lowest BCUT2D eigenvalue weighted by Gasteiger charge is -2.31. The van der Waals surface area contributed by atoms with Gasteiger partial charge in [0.05, 0.1) is 34.6 Å². The molecule has 4 rings (SSSR count). The fourth-order valence-electron chi connectivity index (χ4n) is 3.01. The average Bonchev–Trinajstić information content (AvgIpc) is 3.15. The first-order valence-corrected chi connectivity index (χ1v) is 9.31. The number of sulfone groups is 1. The van der Waals surface area contributed by atoms with E-state index in [0.29, 0.717) is 17.1 Å². The van der Waals surface area contributed by atoms with Crippen molar-refractivity contribution >= 4 is 27.1 Å². The first kappa shape index (κ1) is 16.3. The summed E-state index contributed by atoms with van der Waals surface area (Å²) in [7, 11) is -2.29. The molecule has 0 bridgehead atoms. The number of carbonyl (C=O) groups is 1. The zero-order chi connectivity index (χ0) is 18.3. The Morgan fingerprint density at radius 2 is 1.88 bits per heavy atom. The van der Waals surface area contributed by atoms with Crippen LogP contribution in [-0.4, -0.2) is 31.0 Å². The molecule has 1 amide bonds. The fraction of sp³-hybridized carbons (Fsp3) is 0.111. The highest BCUT2D eigenvalue weighted by Gasteiger charge is 2.37. The van der Waals surface area contributed by atoms with Crippen LogP contribution < -0.4 is 9.64 Å². The fourth-order valence-corrected chi connectivity index (χ4v) is 4.65. The molecule has 26 heavy (non-hydrogen) atoms. The van der Waals surface area contributed by atoms with E-state index in [-0.39, 0.29) is 22.2 Å². The number of carbonyl (C=O) groups excluding carboxylic acids is 1. The molecule has 0 spiro atoms. The molecule has 0 atom stereocenters. The van der Waals surface area contributed by atoms with Crippen LogP contribution in [0.1, 0.15) is 0 Å². The van der Waals surface area contributed by atoms with Crippen LogP contribution in [0.2, 0.25) is 0 Å². The van der Waals surface area contributed by atoms with Crippen molar-refractivity contribution in [2.24, 2.45) is 0 Å². The Balaban J connectivity index is 1.91. The van der Waals surface area contributed by atoms with Crippen molar-refractivity contribution in [2.45, 2.75) is 16.3 Å². The van der Waals surface area contributed by atoms with Crippen molar-refractivity contribution < 1.29 is 17.9 Å². The Kier molecular flexibility index (Phi) is 3.77. The van der Waals surface area contributed by atoms with Crippen molar-refractivity contribution in [3.63, 3.8) is 0 Å². The summed E-state index contributed by atoms with van der Waals surface area (Å²) < 4.78 is 32.9. The number of aromatic nitrogens is 2. The average molecular weight is 369 g/mol. The van der Waals surface area contributed by atoms with Crippen molar-refractivity contribution in [1.82, 2.24) is 9.55 Å². The number of imidazole rings is 1. The second-order valence-electron chi connectivity index (χ2n) is 5.77. The van der Waals surface area contributed by atoms with Gasteiger partial charge in [-0.3, -0.25) is 9.69 Å². The number of nitrogens with zero attached hydrogens (tertiary/aromatic N) is 3. The smallest absolute Gasteiger partial charge is 0.251 e. The molecule has 3 aromatic rings.